The van der Waals surface area contributed by atoms with Gasteiger partial charge in [0.1, 0.15) is 0 Å². The average Bonchev–Trinajstić information content (AvgIpc) is 1.87. The van der Waals surface area contributed by atoms with Crippen molar-refractivity contribution in [1.82, 2.24) is 8.87 Å². The summed E-state index contributed by atoms with van der Waals surface area (Å²) in [6.07, 6.45) is 0. The Bertz CT molecular complexity index is 94.9. The van der Waals surface area contributed by atoms with Crippen LogP contribution in [0.5, 0.6) is 0 Å². The Morgan fingerprint density at radius 1 is 2.00 bits per heavy atom. The minimum absolute atomic E-state index is 0.636. The molecule has 1 aliphatic heterocycles. The molecule has 1 heterocycles. The van der Waals surface area contributed by atoms with Crippen molar-refractivity contribution >= 4 is 33.1 Å². The van der Waals surface area contributed by atoms with E-state index < -0.39 is 0 Å². The van der Waals surface area contributed by atoms with E-state index in [2.05, 4.69) is 21.0 Å². The Morgan fingerprint density at radius 2 is 2.71 bits per heavy atom. The Labute approximate surface area is 54.4 Å². The number of nitrogens with zero attached hydrogens (tertiary/aromatic N) is 1. The first kappa shape index (κ1) is 5.55. The van der Waals surface area contributed by atoms with Crippen LogP contribution < -0.4 is 4.83 Å². The molecule has 0 atom stereocenters. The summed E-state index contributed by atoms with van der Waals surface area (Å²) in [5.41, 5.74) is 0. The van der Waals surface area contributed by atoms with E-state index in [1.807, 2.05) is 0 Å². The molecule has 0 saturated carbocycles. The van der Waals surface area contributed by atoms with Gasteiger partial charge in [0.2, 0.25) is 0 Å². The Kier molecular flexibility index (Phi) is 1.69. The summed E-state index contributed by atoms with van der Waals surface area (Å²) in [6.45, 7) is 0.657. The molecule has 1 saturated heterocycles. The van der Waals surface area contributed by atoms with Crippen molar-refractivity contribution in [1.29, 1.82) is 5.41 Å². The highest BCUT2D eigenvalue weighted by atomic mass is 79.9. The number of hydrogen-bond acceptors (Lipinski definition) is 4. The van der Waals surface area contributed by atoms with Crippen molar-refractivity contribution in [2.45, 2.75) is 0 Å². The summed E-state index contributed by atoms with van der Waals surface area (Å²) in [7, 11) is 0. The zero-order chi connectivity index (χ0) is 5.28. The highest BCUT2D eigenvalue weighted by Gasteiger charge is 2.12. The first-order valence-electron chi connectivity index (χ1n) is 1.72. The van der Waals surface area contributed by atoms with E-state index in [0.717, 1.165) is 0 Å². The molecule has 7 heavy (non-hydrogen) atoms. The summed E-state index contributed by atoms with van der Waals surface area (Å²) in [5, 5.41) is 7.64. The van der Waals surface area contributed by atoms with Crippen molar-refractivity contribution in [2.75, 3.05) is 6.54 Å². The van der Waals surface area contributed by atoms with Crippen LogP contribution in [0.1, 0.15) is 0 Å². The lowest BCUT2D eigenvalue weighted by Crippen LogP contribution is -2.15. The quantitative estimate of drug-likeness (QED) is 0.428. The number of hydrogen-bond donors (Lipinski definition) is 2. The maximum absolute atomic E-state index is 7.01. The van der Waals surface area contributed by atoms with Gasteiger partial charge in [-0.05, 0) is 11.9 Å². The minimum atomic E-state index is 0.636. The molecular weight excluding hydrogens is 178 g/mol. The van der Waals surface area contributed by atoms with Crippen molar-refractivity contribution < 1.29 is 0 Å². The van der Waals surface area contributed by atoms with Gasteiger partial charge in [-0.15, -0.1) is 0 Å². The molecule has 1 aliphatic rings. The van der Waals surface area contributed by atoms with Gasteiger partial charge < -0.3 is 0 Å². The third-order valence-electron chi connectivity index (χ3n) is 0.550. The predicted molar refractivity (Wildman–Crippen MR) is 34.1 cm³/mol. The molecule has 0 aromatic rings. The maximum Gasteiger partial charge on any atom is 0.0970 e. The molecule has 0 unspecified atom stereocenters. The molecule has 0 aliphatic carbocycles. The molecule has 0 bridgehead atoms. The van der Waals surface area contributed by atoms with Crippen LogP contribution in [0.25, 0.3) is 0 Å². The second-order valence-electron chi connectivity index (χ2n) is 1.14. The smallest absolute Gasteiger partial charge is 0.0970 e. The highest BCUT2D eigenvalue weighted by Crippen LogP contribution is 2.11. The fraction of sp³-hybridized carbons (Fsp3) is 0.500. The van der Waals surface area contributed by atoms with Crippen LogP contribution in [0.3, 0.4) is 0 Å². The monoisotopic (exact) mass is 181 g/mol. The topological polar surface area (TPSA) is 39.1 Å². The van der Waals surface area contributed by atoms with Gasteiger partial charge in [0.05, 0.1) is 11.6 Å². The van der Waals surface area contributed by atoms with Crippen LogP contribution in [0.4, 0.5) is 0 Å². The van der Waals surface area contributed by atoms with E-state index in [9.17, 15) is 0 Å². The first-order chi connectivity index (χ1) is 3.29. The molecule has 2 N–H and O–H groups in total. The SMILES string of the molecule is N=C1CN(Br)NS1. The van der Waals surface area contributed by atoms with Gasteiger partial charge in [0, 0.05) is 16.1 Å². The van der Waals surface area contributed by atoms with Gasteiger partial charge in [-0.25, -0.2) is 0 Å². The zero-order valence-corrected chi connectivity index (χ0v) is 5.84. The van der Waals surface area contributed by atoms with Gasteiger partial charge in [0.25, 0.3) is 0 Å². The lowest BCUT2D eigenvalue weighted by Gasteiger charge is -1.96. The second kappa shape index (κ2) is 2.13. The lowest BCUT2D eigenvalue weighted by atomic mass is 10.7. The predicted octanol–water partition coefficient (Wildman–Crippen LogP) is 0.742. The lowest BCUT2D eigenvalue weighted by molar-refractivity contribution is 0.552. The van der Waals surface area contributed by atoms with Gasteiger partial charge in [-0.3, -0.25) is 5.41 Å². The summed E-state index contributed by atoms with van der Waals surface area (Å²) >= 11 is 4.46. The van der Waals surface area contributed by atoms with E-state index in [1.54, 1.807) is 4.03 Å². The Hall–Kier alpha value is 0.420. The Balaban J connectivity index is 2.40. The fourth-order valence-electron chi connectivity index (χ4n) is 0.295. The first-order valence-corrected chi connectivity index (χ1v) is 3.25. The van der Waals surface area contributed by atoms with Gasteiger partial charge in [-0.2, -0.15) is 8.87 Å². The Morgan fingerprint density at radius 3 is 2.86 bits per heavy atom. The molecule has 0 amide bonds. The average molecular weight is 182 g/mol. The normalized spacial score (nSPS) is 23.9. The van der Waals surface area contributed by atoms with Gasteiger partial charge in [-0.1, -0.05) is 0 Å². The van der Waals surface area contributed by atoms with E-state index >= 15 is 0 Å². The zero-order valence-electron chi connectivity index (χ0n) is 3.44. The van der Waals surface area contributed by atoms with Crippen molar-refractivity contribution in [3.05, 3.63) is 0 Å². The van der Waals surface area contributed by atoms with Crippen LogP contribution in [0.15, 0.2) is 0 Å². The molecular formula is C2H4BrN3S. The van der Waals surface area contributed by atoms with E-state index in [-0.39, 0.29) is 0 Å². The molecule has 0 radical (unpaired) electrons. The minimum Gasteiger partial charge on any atom is -0.296 e. The largest absolute Gasteiger partial charge is 0.296 e. The van der Waals surface area contributed by atoms with Crippen LogP contribution in [0, 0.1) is 5.41 Å². The number of rotatable bonds is 0. The molecule has 0 aromatic heterocycles. The molecule has 1 rings (SSSR count). The van der Waals surface area contributed by atoms with Crippen LogP contribution >= 0.6 is 28.1 Å². The maximum atomic E-state index is 7.01. The van der Waals surface area contributed by atoms with Gasteiger partial charge >= 0.3 is 0 Å². The summed E-state index contributed by atoms with van der Waals surface area (Å²) in [4.78, 5) is 2.81. The highest BCUT2D eigenvalue weighted by molar-refractivity contribution is 9.07. The molecule has 3 nitrogen and oxygen atoms in total. The molecule has 0 spiro atoms. The van der Waals surface area contributed by atoms with Crippen LogP contribution in [0.2, 0.25) is 0 Å². The van der Waals surface area contributed by atoms with Crippen LogP contribution in [-0.2, 0) is 0 Å². The summed E-state index contributed by atoms with van der Waals surface area (Å²) in [6, 6.07) is 0. The van der Waals surface area contributed by atoms with Crippen molar-refractivity contribution in [2.24, 2.45) is 0 Å². The molecule has 0 aromatic carbocycles. The molecule has 5 heteroatoms. The molecule has 1 fully saturated rings. The number of nitrogens with one attached hydrogen (secondary N) is 2. The van der Waals surface area contributed by atoms with E-state index in [4.69, 9.17) is 5.41 Å². The van der Waals surface area contributed by atoms with E-state index in [0.29, 0.717) is 11.6 Å². The molecule has 40 valence electrons. The summed E-state index contributed by atoms with van der Waals surface area (Å²) in [5.74, 6) is 0. The second-order valence-corrected chi connectivity index (χ2v) is 2.87. The third-order valence-corrected chi connectivity index (χ3v) is 1.90. The third kappa shape index (κ3) is 1.41. The number of hydrazine groups is 1. The van der Waals surface area contributed by atoms with Crippen molar-refractivity contribution in [3.8, 4) is 0 Å². The van der Waals surface area contributed by atoms with Gasteiger partial charge in [0.15, 0.2) is 0 Å². The fourth-order valence-corrected chi connectivity index (χ4v) is 1.40. The van der Waals surface area contributed by atoms with Crippen LogP contribution in [-0.4, -0.2) is 15.6 Å². The standard InChI is InChI=1S/C2H4BrN3S/c3-6-1-2(4)7-5-6/h4-5H,1H2. The van der Waals surface area contributed by atoms with E-state index in [1.165, 1.54) is 11.9 Å². The number of halogens is 1. The summed E-state index contributed by atoms with van der Waals surface area (Å²) < 4.78 is 1.68. The van der Waals surface area contributed by atoms with Crippen molar-refractivity contribution in [3.63, 3.8) is 0 Å².